The number of benzene rings is 1. The largest absolute Gasteiger partial charge is 0.466 e. The van der Waals surface area contributed by atoms with Gasteiger partial charge in [-0.05, 0) is 41.1 Å². The Labute approximate surface area is 115 Å². The van der Waals surface area contributed by atoms with E-state index >= 15 is 0 Å². The first-order valence-corrected chi connectivity index (χ1v) is 5.88. The molecule has 1 aromatic rings. The molecular formula is C11H15ClINO2. The Morgan fingerprint density at radius 1 is 1.50 bits per heavy atom. The third-order valence-electron chi connectivity index (χ3n) is 2.00. The van der Waals surface area contributed by atoms with E-state index in [0.717, 1.165) is 9.13 Å². The monoisotopic (exact) mass is 355 g/mol. The summed E-state index contributed by atoms with van der Waals surface area (Å²) in [4.78, 5) is 11.2. The SMILES string of the molecule is CCOC(=O)C[C@@H](N)c1ccccc1I.Cl. The molecule has 90 valence electrons. The molecule has 0 spiro atoms. The van der Waals surface area contributed by atoms with Crippen LogP contribution in [-0.2, 0) is 9.53 Å². The summed E-state index contributed by atoms with van der Waals surface area (Å²) in [6.07, 6.45) is 0.230. The Kier molecular flexibility index (Phi) is 7.70. The molecule has 0 fully saturated rings. The summed E-state index contributed by atoms with van der Waals surface area (Å²) in [6.45, 7) is 2.19. The summed E-state index contributed by atoms with van der Waals surface area (Å²) in [5.74, 6) is -0.246. The van der Waals surface area contributed by atoms with Crippen LogP contribution in [0.3, 0.4) is 0 Å². The molecule has 0 bridgehead atoms. The highest BCUT2D eigenvalue weighted by Gasteiger charge is 2.14. The average molecular weight is 356 g/mol. The zero-order valence-corrected chi connectivity index (χ0v) is 12.0. The van der Waals surface area contributed by atoms with Crippen molar-refractivity contribution in [2.45, 2.75) is 19.4 Å². The Morgan fingerprint density at radius 2 is 2.12 bits per heavy atom. The lowest BCUT2D eigenvalue weighted by Gasteiger charge is -2.12. The standard InChI is InChI=1S/C11H14INO2.ClH/c1-2-15-11(14)7-10(13)8-5-3-4-6-9(8)12;/h3-6,10H,2,7,13H2,1H3;1H/t10-;/m1./s1. The van der Waals surface area contributed by atoms with Crippen molar-refractivity contribution in [1.82, 2.24) is 0 Å². The molecule has 0 unspecified atom stereocenters. The topological polar surface area (TPSA) is 52.3 Å². The number of carbonyl (C=O) groups is 1. The van der Waals surface area contributed by atoms with Crippen molar-refractivity contribution < 1.29 is 9.53 Å². The zero-order chi connectivity index (χ0) is 11.3. The van der Waals surface area contributed by atoms with E-state index in [0.29, 0.717) is 6.61 Å². The molecule has 0 aliphatic heterocycles. The fraction of sp³-hybridized carbons (Fsp3) is 0.364. The summed E-state index contributed by atoms with van der Waals surface area (Å²) >= 11 is 2.21. The first-order valence-electron chi connectivity index (χ1n) is 4.80. The summed E-state index contributed by atoms with van der Waals surface area (Å²) < 4.78 is 5.93. The Bertz CT molecular complexity index is 347. The maximum Gasteiger partial charge on any atom is 0.307 e. The molecule has 0 aliphatic rings. The van der Waals surface area contributed by atoms with Crippen molar-refractivity contribution in [3.8, 4) is 0 Å². The van der Waals surface area contributed by atoms with Crippen molar-refractivity contribution in [2.75, 3.05) is 6.61 Å². The molecule has 3 nitrogen and oxygen atoms in total. The van der Waals surface area contributed by atoms with Crippen molar-refractivity contribution in [3.05, 3.63) is 33.4 Å². The van der Waals surface area contributed by atoms with Gasteiger partial charge in [-0.25, -0.2) is 0 Å². The molecule has 1 atom stereocenters. The minimum Gasteiger partial charge on any atom is -0.466 e. The molecule has 5 heteroatoms. The van der Waals surface area contributed by atoms with Crippen LogP contribution in [0.25, 0.3) is 0 Å². The van der Waals surface area contributed by atoms with Crippen LogP contribution in [0, 0.1) is 3.57 Å². The van der Waals surface area contributed by atoms with Gasteiger partial charge in [0.15, 0.2) is 0 Å². The first kappa shape index (κ1) is 15.7. The van der Waals surface area contributed by atoms with Crippen molar-refractivity contribution >= 4 is 41.0 Å². The molecule has 0 saturated carbocycles. The molecule has 0 saturated heterocycles. The van der Waals surface area contributed by atoms with E-state index in [-0.39, 0.29) is 30.8 Å². The van der Waals surface area contributed by atoms with Gasteiger partial charge in [0, 0.05) is 9.61 Å². The fourth-order valence-corrected chi connectivity index (χ4v) is 2.07. The summed E-state index contributed by atoms with van der Waals surface area (Å²) in [7, 11) is 0. The number of halogens is 2. The third kappa shape index (κ3) is 4.67. The predicted molar refractivity (Wildman–Crippen MR) is 74.6 cm³/mol. The van der Waals surface area contributed by atoms with Crippen LogP contribution in [0.5, 0.6) is 0 Å². The molecule has 0 amide bonds. The van der Waals surface area contributed by atoms with Gasteiger partial charge in [0.2, 0.25) is 0 Å². The van der Waals surface area contributed by atoms with Gasteiger partial charge in [0.1, 0.15) is 0 Å². The molecule has 1 aromatic carbocycles. The number of rotatable bonds is 4. The van der Waals surface area contributed by atoms with E-state index in [1.54, 1.807) is 6.92 Å². The van der Waals surface area contributed by atoms with Crippen molar-refractivity contribution in [2.24, 2.45) is 5.73 Å². The summed E-state index contributed by atoms with van der Waals surface area (Å²) in [5, 5.41) is 0. The smallest absolute Gasteiger partial charge is 0.307 e. The third-order valence-corrected chi connectivity index (χ3v) is 2.98. The van der Waals surface area contributed by atoms with Gasteiger partial charge in [-0.1, -0.05) is 18.2 Å². The van der Waals surface area contributed by atoms with Gasteiger partial charge in [0.25, 0.3) is 0 Å². The Hall–Kier alpha value is -0.330. The predicted octanol–water partition coefficient (Wildman–Crippen LogP) is 2.67. The van der Waals surface area contributed by atoms with Crippen molar-refractivity contribution in [1.29, 1.82) is 0 Å². The van der Waals surface area contributed by atoms with Gasteiger partial charge < -0.3 is 10.5 Å². The minimum absolute atomic E-state index is 0. The molecule has 1 rings (SSSR count). The molecule has 2 N–H and O–H groups in total. The van der Waals surface area contributed by atoms with E-state index < -0.39 is 0 Å². The van der Waals surface area contributed by atoms with Gasteiger partial charge in [-0.2, -0.15) is 0 Å². The number of hydrogen-bond acceptors (Lipinski definition) is 3. The maximum absolute atomic E-state index is 11.2. The second-order valence-electron chi connectivity index (χ2n) is 3.14. The van der Waals surface area contributed by atoms with Crippen molar-refractivity contribution in [3.63, 3.8) is 0 Å². The van der Waals surface area contributed by atoms with Crippen LogP contribution < -0.4 is 5.73 Å². The van der Waals surface area contributed by atoms with E-state index in [1.165, 1.54) is 0 Å². The van der Waals surface area contributed by atoms with Crippen LogP contribution in [-0.4, -0.2) is 12.6 Å². The van der Waals surface area contributed by atoms with Crippen LogP contribution in [0.4, 0.5) is 0 Å². The average Bonchev–Trinajstić information content (AvgIpc) is 2.18. The molecular weight excluding hydrogens is 340 g/mol. The molecule has 0 heterocycles. The fourth-order valence-electron chi connectivity index (χ4n) is 1.29. The first-order chi connectivity index (χ1) is 7.15. The van der Waals surface area contributed by atoms with E-state index in [2.05, 4.69) is 22.6 Å². The van der Waals surface area contributed by atoms with Gasteiger partial charge >= 0.3 is 5.97 Å². The molecule has 0 aliphatic carbocycles. The second kappa shape index (κ2) is 7.86. The highest BCUT2D eigenvalue weighted by Crippen LogP contribution is 2.20. The lowest BCUT2D eigenvalue weighted by molar-refractivity contribution is -0.143. The Balaban J connectivity index is 0.00000225. The summed E-state index contributed by atoms with van der Waals surface area (Å²) in [6, 6.07) is 7.49. The normalized spacial score (nSPS) is 11.4. The number of nitrogens with two attached hydrogens (primary N) is 1. The van der Waals surface area contributed by atoms with Gasteiger partial charge in [0.05, 0.1) is 13.0 Å². The lowest BCUT2D eigenvalue weighted by atomic mass is 10.1. The highest BCUT2D eigenvalue weighted by molar-refractivity contribution is 14.1. The van der Waals surface area contributed by atoms with Crippen LogP contribution in [0.15, 0.2) is 24.3 Å². The van der Waals surface area contributed by atoms with E-state index in [4.69, 9.17) is 10.5 Å². The number of hydrogen-bond donors (Lipinski definition) is 1. The Morgan fingerprint density at radius 3 is 2.69 bits per heavy atom. The molecule has 16 heavy (non-hydrogen) atoms. The number of carbonyl (C=O) groups excluding carboxylic acids is 1. The number of ether oxygens (including phenoxy) is 1. The second-order valence-corrected chi connectivity index (χ2v) is 4.30. The molecule has 0 aromatic heterocycles. The van der Waals surface area contributed by atoms with Crippen LogP contribution in [0.2, 0.25) is 0 Å². The van der Waals surface area contributed by atoms with E-state index in [9.17, 15) is 4.79 Å². The lowest BCUT2D eigenvalue weighted by Crippen LogP contribution is -2.18. The number of esters is 1. The zero-order valence-electron chi connectivity index (χ0n) is 8.98. The quantitative estimate of drug-likeness (QED) is 0.667. The van der Waals surface area contributed by atoms with Crippen LogP contribution in [0.1, 0.15) is 24.9 Å². The van der Waals surface area contributed by atoms with Gasteiger partial charge in [-0.15, -0.1) is 12.4 Å². The minimum atomic E-state index is -0.280. The van der Waals surface area contributed by atoms with Crippen LogP contribution >= 0.6 is 35.0 Å². The maximum atomic E-state index is 11.2. The van der Waals surface area contributed by atoms with Gasteiger partial charge in [-0.3, -0.25) is 4.79 Å². The summed E-state index contributed by atoms with van der Waals surface area (Å²) in [5.41, 5.74) is 6.91. The highest BCUT2D eigenvalue weighted by atomic mass is 127. The van der Waals surface area contributed by atoms with E-state index in [1.807, 2.05) is 24.3 Å². The molecule has 0 radical (unpaired) electrons.